The lowest BCUT2D eigenvalue weighted by atomic mass is 10.0. The highest BCUT2D eigenvalue weighted by Crippen LogP contribution is 2.28. The van der Waals surface area contributed by atoms with Crippen molar-refractivity contribution >= 4 is 39.4 Å². The first kappa shape index (κ1) is 27.1. The number of hydrogen-bond donors (Lipinski definition) is 1. The Balaban J connectivity index is 1.49. The van der Waals surface area contributed by atoms with Gasteiger partial charge in [-0.15, -0.1) is 0 Å². The summed E-state index contributed by atoms with van der Waals surface area (Å²) in [5.74, 6) is -1.25. The number of hydrogen-bond acceptors (Lipinski definition) is 5. The molecule has 11 nitrogen and oxygen atoms in total. The molecule has 1 saturated heterocycles. The Hall–Kier alpha value is -4.48. The summed E-state index contributed by atoms with van der Waals surface area (Å²) in [7, 11) is 1.54. The molecule has 0 spiro atoms. The number of rotatable bonds is 5. The van der Waals surface area contributed by atoms with Gasteiger partial charge in [-0.2, -0.15) is 0 Å². The first-order valence-electron chi connectivity index (χ1n) is 13.3. The van der Waals surface area contributed by atoms with Gasteiger partial charge in [-0.1, -0.05) is 0 Å². The summed E-state index contributed by atoms with van der Waals surface area (Å²) >= 11 is 0. The predicted molar refractivity (Wildman–Crippen MR) is 149 cm³/mol. The highest BCUT2D eigenvalue weighted by molar-refractivity contribution is 6.06. The molecule has 5 rings (SSSR count). The number of anilines is 1. The van der Waals surface area contributed by atoms with Crippen molar-refractivity contribution in [2.75, 3.05) is 18.4 Å². The second kappa shape index (κ2) is 10.2. The molecule has 210 valence electrons. The molecule has 2 aromatic carbocycles. The van der Waals surface area contributed by atoms with E-state index >= 15 is 0 Å². The van der Waals surface area contributed by atoms with Gasteiger partial charge in [-0.05, 0) is 57.0 Å². The number of halogens is 1. The largest absolute Gasteiger partial charge is 0.338 e. The van der Waals surface area contributed by atoms with Crippen molar-refractivity contribution in [3.8, 4) is 0 Å². The van der Waals surface area contributed by atoms with Crippen molar-refractivity contribution < 1.29 is 14.0 Å². The lowest BCUT2D eigenvalue weighted by Gasteiger charge is -2.33. The Morgan fingerprint density at radius 1 is 0.925 bits per heavy atom. The fourth-order valence-corrected chi connectivity index (χ4v) is 5.72. The SMILES string of the molecule is CCn1c(=O)n(CC)c2cc(C(=O)N3CCC(n4c(=O)c5cc(F)ccc5n(C)c4=O)CC3)c(NC(C)=O)cc21. The molecule has 0 bridgehead atoms. The van der Waals surface area contributed by atoms with Crippen molar-refractivity contribution in [3.63, 3.8) is 0 Å². The van der Waals surface area contributed by atoms with Gasteiger partial charge >= 0.3 is 11.4 Å². The summed E-state index contributed by atoms with van der Waals surface area (Å²) in [5.41, 5.74) is 0.889. The van der Waals surface area contributed by atoms with E-state index in [1.807, 2.05) is 13.8 Å². The van der Waals surface area contributed by atoms with E-state index in [1.54, 1.807) is 33.2 Å². The third-order valence-corrected chi connectivity index (χ3v) is 7.71. The van der Waals surface area contributed by atoms with E-state index in [0.29, 0.717) is 48.2 Å². The van der Waals surface area contributed by atoms with E-state index in [0.717, 1.165) is 10.6 Å². The van der Waals surface area contributed by atoms with Crippen LogP contribution in [0.5, 0.6) is 0 Å². The van der Waals surface area contributed by atoms with Crippen LogP contribution < -0.4 is 22.3 Å². The van der Waals surface area contributed by atoms with Gasteiger partial charge in [-0.25, -0.2) is 14.0 Å². The highest BCUT2D eigenvalue weighted by Gasteiger charge is 2.29. The average molecular weight is 551 g/mol. The molecule has 2 amide bonds. The van der Waals surface area contributed by atoms with Crippen molar-refractivity contribution in [2.24, 2.45) is 7.05 Å². The van der Waals surface area contributed by atoms with Crippen LogP contribution in [0.25, 0.3) is 21.9 Å². The second-order valence-electron chi connectivity index (χ2n) is 10.0. The standard InChI is InChI=1S/C28H31FN6O5/c1-5-33-23-14-19(21(30-16(3)36)15-24(23)34(6-2)28(33)40)25(37)32-11-9-18(10-12-32)35-26(38)20-13-17(29)7-8-22(20)31(4)27(35)39/h7-8,13-15,18H,5-6,9-12H2,1-4H3,(H,30,36). The summed E-state index contributed by atoms with van der Waals surface area (Å²) in [4.78, 5) is 66.5. The summed E-state index contributed by atoms with van der Waals surface area (Å²) in [6.45, 7) is 6.42. The van der Waals surface area contributed by atoms with Gasteiger partial charge in [0, 0.05) is 46.2 Å². The van der Waals surface area contributed by atoms with Crippen LogP contribution in [-0.2, 0) is 24.9 Å². The quantitative estimate of drug-likeness (QED) is 0.409. The molecule has 12 heteroatoms. The Morgan fingerprint density at radius 3 is 2.15 bits per heavy atom. The number of amides is 2. The van der Waals surface area contributed by atoms with Gasteiger partial charge in [0.2, 0.25) is 5.91 Å². The smallest absolute Gasteiger partial charge is 0.331 e. The lowest BCUT2D eigenvalue weighted by molar-refractivity contribution is -0.114. The molecule has 1 aliphatic rings. The Morgan fingerprint density at radius 2 is 1.55 bits per heavy atom. The number of carbonyl (C=O) groups excluding carboxylic acids is 2. The first-order chi connectivity index (χ1) is 19.1. The molecule has 1 N–H and O–H groups in total. The van der Waals surface area contributed by atoms with Gasteiger partial charge in [0.05, 0.1) is 33.2 Å². The minimum atomic E-state index is -0.565. The predicted octanol–water partition coefficient (Wildman–Crippen LogP) is 2.43. The van der Waals surface area contributed by atoms with Crippen LogP contribution in [0.3, 0.4) is 0 Å². The minimum Gasteiger partial charge on any atom is -0.338 e. The number of nitrogens with one attached hydrogen (secondary N) is 1. The van der Waals surface area contributed by atoms with Crippen LogP contribution in [-0.4, -0.2) is 48.1 Å². The van der Waals surface area contributed by atoms with E-state index < -0.39 is 23.1 Å². The number of carbonyl (C=O) groups is 2. The van der Waals surface area contributed by atoms with Crippen LogP contribution in [0.1, 0.15) is 50.0 Å². The number of aryl methyl sites for hydroxylation is 3. The van der Waals surface area contributed by atoms with E-state index in [4.69, 9.17) is 0 Å². The molecule has 3 heterocycles. The zero-order valence-electron chi connectivity index (χ0n) is 22.9. The summed E-state index contributed by atoms with van der Waals surface area (Å²) < 4.78 is 19.6. The summed E-state index contributed by atoms with van der Waals surface area (Å²) in [6, 6.07) is 6.58. The van der Waals surface area contributed by atoms with E-state index in [-0.39, 0.29) is 41.5 Å². The molecule has 1 fully saturated rings. The monoisotopic (exact) mass is 550 g/mol. The van der Waals surface area contributed by atoms with E-state index in [1.165, 1.54) is 23.6 Å². The number of fused-ring (bicyclic) bond motifs is 2. The molecular weight excluding hydrogens is 519 g/mol. The third-order valence-electron chi connectivity index (χ3n) is 7.71. The fraction of sp³-hybridized carbons (Fsp3) is 0.393. The molecule has 0 unspecified atom stereocenters. The number of likely N-dealkylation sites (tertiary alicyclic amines) is 1. The fourth-order valence-electron chi connectivity index (χ4n) is 5.72. The van der Waals surface area contributed by atoms with Gasteiger partial charge in [0.25, 0.3) is 11.5 Å². The maximum Gasteiger partial charge on any atom is 0.331 e. The Bertz CT molecular complexity index is 1860. The van der Waals surface area contributed by atoms with Crippen molar-refractivity contribution in [3.05, 3.63) is 73.0 Å². The van der Waals surface area contributed by atoms with Crippen molar-refractivity contribution in [2.45, 2.75) is 52.7 Å². The van der Waals surface area contributed by atoms with Gasteiger partial charge in [0.15, 0.2) is 0 Å². The van der Waals surface area contributed by atoms with Gasteiger partial charge in [0.1, 0.15) is 5.82 Å². The molecule has 0 radical (unpaired) electrons. The zero-order chi connectivity index (χ0) is 28.9. The number of benzene rings is 2. The molecule has 40 heavy (non-hydrogen) atoms. The average Bonchev–Trinajstić information content (AvgIpc) is 3.20. The Kier molecular flexibility index (Phi) is 6.94. The Labute approximate surface area is 228 Å². The van der Waals surface area contributed by atoms with Crippen LogP contribution in [0.2, 0.25) is 0 Å². The van der Waals surface area contributed by atoms with Crippen molar-refractivity contribution in [1.82, 2.24) is 23.2 Å². The highest BCUT2D eigenvalue weighted by atomic mass is 19.1. The van der Waals surface area contributed by atoms with Crippen LogP contribution >= 0.6 is 0 Å². The summed E-state index contributed by atoms with van der Waals surface area (Å²) in [5, 5.41) is 2.85. The van der Waals surface area contributed by atoms with Crippen molar-refractivity contribution in [1.29, 1.82) is 0 Å². The minimum absolute atomic E-state index is 0.120. The molecule has 1 aliphatic heterocycles. The molecular formula is C28H31FN6O5. The van der Waals surface area contributed by atoms with Crippen LogP contribution in [0.4, 0.5) is 10.1 Å². The van der Waals surface area contributed by atoms with Gasteiger partial charge < -0.3 is 10.2 Å². The van der Waals surface area contributed by atoms with Crippen LogP contribution in [0, 0.1) is 5.82 Å². The molecule has 0 saturated carbocycles. The first-order valence-corrected chi connectivity index (χ1v) is 13.3. The topological polar surface area (TPSA) is 120 Å². The molecule has 4 aromatic rings. The molecule has 0 aliphatic carbocycles. The lowest BCUT2D eigenvalue weighted by Crippen LogP contribution is -2.46. The number of nitrogens with zero attached hydrogens (tertiary/aromatic N) is 5. The van der Waals surface area contributed by atoms with Gasteiger partial charge in [-0.3, -0.25) is 32.7 Å². The summed E-state index contributed by atoms with van der Waals surface area (Å²) in [6.07, 6.45) is 0.677. The third kappa shape index (κ3) is 4.33. The maximum absolute atomic E-state index is 13.9. The molecule has 0 atom stereocenters. The zero-order valence-corrected chi connectivity index (χ0v) is 22.9. The van der Waals surface area contributed by atoms with E-state index in [2.05, 4.69) is 5.32 Å². The second-order valence-corrected chi connectivity index (χ2v) is 10.0. The number of aromatic nitrogens is 4. The van der Waals surface area contributed by atoms with Crippen LogP contribution in [0.15, 0.2) is 44.7 Å². The number of piperidine rings is 1. The van der Waals surface area contributed by atoms with E-state index in [9.17, 15) is 28.4 Å². The normalized spacial score (nSPS) is 14.3. The number of imidazole rings is 1. The molecule has 2 aromatic heterocycles. The maximum atomic E-state index is 13.9.